The Morgan fingerprint density at radius 3 is 2.46 bits per heavy atom. The van der Waals surface area contributed by atoms with E-state index in [9.17, 15) is 19.8 Å². The van der Waals surface area contributed by atoms with Crippen molar-refractivity contribution in [1.82, 2.24) is 10.2 Å². The smallest absolute Gasteiger partial charge is 0.318 e. The molecule has 3 N–H and O–H groups in total. The fourth-order valence-corrected chi connectivity index (χ4v) is 8.61. The Morgan fingerprint density at radius 2 is 1.74 bits per heavy atom. The fraction of sp³-hybridized carbons (Fsp3) is 0.488. The number of hydrogen-bond donors (Lipinski definition) is 3. The van der Waals surface area contributed by atoms with Crippen molar-refractivity contribution in [3.05, 3.63) is 118 Å². The number of urea groups is 1. The van der Waals surface area contributed by atoms with Crippen molar-refractivity contribution in [2.75, 3.05) is 19.7 Å². The first-order valence-corrected chi connectivity index (χ1v) is 18.6. The molecule has 2 bridgehead atoms. The highest BCUT2D eigenvalue weighted by atomic mass is 16.5. The summed E-state index contributed by atoms with van der Waals surface area (Å²) in [7, 11) is 0. The van der Waals surface area contributed by atoms with Crippen molar-refractivity contribution in [2.24, 2.45) is 5.41 Å². The van der Waals surface area contributed by atoms with Crippen LogP contribution in [0.4, 0.5) is 4.79 Å². The number of aliphatic hydroxyl groups excluding tert-OH is 1. The van der Waals surface area contributed by atoms with Gasteiger partial charge in [-0.15, -0.1) is 0 Å². The number of rotatable bonds is 8. The molecule has 0 spiro atoms. The summed E-state index contributed by atoms with van der Waals surface area (Å²) in [4.78, 5) is 30.2. The summed E-state index contributed by atoms with van der Waals surface area (Å²) >= 11 is 0. The number of amides is 2. The molecule has 2 amide bonds. The summed E-state index contributed by atoms with van der Waals surface area (Å²) in [5.41, 5.74) is 3.49. The summed E-state index contributed by atoms with van der Waals surface area (Å²) in [6.07, 6.45) is 8.03. The number of hydrogen-bond acceptors (Lipinski definition) is 5. The molecular weight excluding hydrogens is 624 g/mol. The van der Waals surface area contributed by atoms with Gasteiger partial charge in [-0.05, 0) is 100 Å². The van der Waals surface area contributed by atoms with E-state index in [2.05, 4.69) is 37.4 Å². The largest absolute Gasteiger partial charge is 0.393 e. The Bertz CT molecular complexity index is 1650. The SMILES string of the molecule is CC1=CCCC2(C)C(CCC2(O)CN(CC2CCCO2)C(=O)NC(C)c2ccccc2)c2ccc(cc2C(=O)c2ccccc2)CC(O)CC1. The third kappa shape index (κ3) is 7.91. The normalized spacial score (nSPS) is 27.5. The van der Waals surface area contributed by atoms with Gasteiger partial charge in [-0.3, -0.25) is 4.79 Å². The molecule has 7 rings (SSSR count). The quantitative estimate of drug-likeness (QED) is 0.166. The second-order valence-corrected chi connectivity index (χ2v) is 15.2. The van der Waals surface area contributed by atoms with Gasteiger partial charge in [0.25, 0.3) is 0 Å². The minimum absolute atomic E-state index is 0.0492. The molecule has 4 aliphatic rings. The van der Waals surface area contributed by atoms with E-state index in [-0.39, 0.29) is 36.4 Å². The Labute approximate surface area is 297 Å². The molecule has 6 unspecified atom stereocenters. The zero-order valence-corrected chi connectivity index (χ0v) is 29.9. The number of ketones is 1. The minimum Gasteiger partial charge on any atom is -0.393 e. The van der Waals surface area contributed by atoms with Crippen LogP contribution in [0.5, 0.6) is 0 Å². The Kier molecular flexibility index (Phi) is 11.3. The summed E-state index contributed by atoms with van der Waals surface area (Å²) in [5, 5.41) is 27.1. The van der Waals surface area contributed by atoms with E-state index in [1.54, 1.807) is 4.90 Å². The summed E-state index contributed by atoms with van der Waals surface area (Å²) in [6.45, 7) is 7.53. The van der Waals surface area contributed by atoms with E-state index in [4.69, 9.17) is 4.74 Å². The molecule has 1 saturated heterocycles. The van der Waals surface area contributed by atoms with E-state index in [1.807, 2.05) is 73.7 Å². The molecule has 3 aromatic rings. The predicted molar refractivity (Wildman–Crippen MR) is 197 cm³/mol. The van der Waals surface area contributed by atoms with Crippen LogP contribution in [-0.4, -0.2) is 64.4 Å². The van der Waals surface area contributed by atoms with Crippen molar-refractivity contribution in [2.45, 2.75) is 108 Å². The molecular formula is C43H54N2O5. The van der Waals surface area contributed by atoms with Crippen LogP contribution in [0.25, 0.3) is 0 Å². The number of aliphatic hydroxyl groups is 2. The minimum atomic E-state index is -1.22. The van der Waals surface area contributed by atoms with Crippen molar-refractivity contribution < 1.29 is 24.5 Å². The van der Waals surface area contributed by atoms with Crippen LogP contribution in [0.1, 0.15) is 117 Å². The molecule has 0 aromatic heterocycles. The zero-order chi connectivity index (χ0) is 35.3. The molecule has 1 aliphatic heterocycles. The standard InChI is InChI=1S/C43H54N2O5/c1-30-12-10-23-42(3)39(37-21-19-32(26-35(46)20-18-30)27-38(37)40(47)34-15-8-5-9-16-34)22-24-43(42,49)29-45(28-36-17-11-25-50-36)41(48)44-31(2)33-13-6-4-7-14-33/h4-9,12-16,19,21,27,31,35-36,39,46,49H,10-11,17-18,20,22-26,28-29H2,1-3H3,(H,44,48). The number of fused-ring (bicyclic) bond motifs is 8. The van der Waals surface area contributed by atoms with E-state index >= 15 is 0 Å². The lowest BCUT2D eigenvalue weighted by molar-refractivity contribution is -0.0808. The maximum absolute atomic E-state index is 14.2. The average Bonchev–Trinajstić information content (AvgIpc) is 3.72. The lowest BCUT2D eigenvalue weighted by atomic mass is 9.64. The van der Waals surface area contributed by atoms with Crippen LogP contribution in [0, 0.1) is 5.41 Å². The molecule has 266 valence electrons. The third-order valence-corrected chi connectivity index (χ3v) is 11.8. The first-order valence-electron chi connectivity index (χ1n) is 18.6. The molecule has 3 aliphatic carbocycles. The second kappa shape index (κ2) is 15.6. The number of carbonyl (C=O) groups excluding carboxylic acids is 2. The highest BCUT2D eigenvalue weighted by Gasteiger charge is 2.58. The van der Waals surface area contributed by atoms with Crippen molar-refractivity contribution >= 4 is 11.8 Å². The van der Waals surface area contributed by atoms with Gasteiger partial charge in [-0.1, -0.05) is 91.4 Å². The first-order chi connectivity index (χ1) is 24.1. The number of carbonyl (C=O) groups is 2. The number of benzene rings is 3. The zero-order valence-electron chi connectivity index (χ0n) is 29.9. The molecule has 0 radical (unpaired) electrons. The molecule has 7 nitrogen and oxygen atoms in total. The van der Waals surface area contributed by atoms with E-state index in [0.29, 0.717) is 56.4 Å². The van der Waals surface area contributed by atoms with Gasteiger partial charge >= 0.3 is 6.03 Å². The van der Waals surface area contributed by atoms with E-state index in [0.717, 1.165) is 42.4 Å². The number of nitrogens with one attached hydrogen (secondary N) is 1. The van der Waals surface area contributed by atoms with Gasteiger partial charge in [0.15, 0.2) is 5.78 Å². The number of allylic oxidation sites excluding steroid dienone is 2. The summed E-state index contributed by atoms with van der Waals surface area (Å²) in [6, 6.07) is 25.0. The molecule has 6 atom stereocenters. The third-order valence-electron chi connectivity index (χ3n) is 11.8. The topological polar surface area (TPSA) is 99.1 Å². The van der Waals surface area contributed by atoms with E-state index in [1.165, 1.54) is 5.57 Å². The molecule has 2 fully saturated rings. The van der Waals surface area contributed by atoms with E-state index < -0.39 is 17.1 Å². The maximum atomic E-state index is 14.2. The lowest BCUT2D eigenvalue weighted by Gasteiger charge is -2.46. The number of nitrogens with zero attached hydrogens (tertiary/aromatic N) is 1. The van der Waals surface area contributed by atoms with Gasteiger partial charge in [0, 0.05) is 29.7 Å². The first kappa shape index (κ1) is 36.0. The molecule has 1 heterocycles. The highest BCUT2D eigenvalue weighted by Crippen LogP contribution is 2.59. The maximum Gasteiger partial charge on any atom is 0.318 e. The van der Waals surface area contributed by atoms with Gasteiger partial charge in [0.2, 0.25) is 0 Å². The van der Waals surface area contributed by atoms with Crippen LogP contribution in [0.2, 0.25) is 0 Å². The van der Waals surface area contributed by atoms with Crippen LogP contribution in [0.15, 0.2) is 90.5 Å². The van der Waals surface area contributed by atoms with Crippen molar-refractivity contribution in [3.63, 3.8) is 0 Å². The van der Waals surface area contributed by atoms with Gasteiger partial charge in [-0.25, -0.2) is 4.79 Å². The Balaban J connectivity index is 1.38. The molecule has 3 aromatic carbocycles. The molecule has 50 heavy (non-hydrogen) atoms. The van der Waals surface area contributed by atoms with Crippen LogP contribution in [-0.2, 0) is 11.2 Å². The average molecular weight is 679 g/mol. The summed E-state index contributed by atoms with van der Waals surface area (Å²) in [5.74, 6) is -0.173. The highest BCUT2D eigenvalue weighted by molar-refractivity contribution is 6.10. The van der Waals surface area contributed by atoms with Gasteiger partial charge in [0.05, 0.1) is 30.4 Å². The van der Waals surface area contributed by atoms with Gasteiger partial charge in [0.1, 0.15) is 0 Å². The summed E-state index contributed by atoms with van der Waals surface area (Å²) < 4.78 is 6.02. The van der Waals surface area contributed by atoms with Crippen molar-refractivity contribution in [3.8, 4) is 0 Å². The second-order valence-electron chi connectivity index (χ2n) is 15.2. The fourth-order valence-electron chi connectivity index (χ4n) is 8.61. The monoisotopic (exact) mass is 678 g/mol. The molecule has 1 saturated carbocycles. The Morgan fingerprint density at radius 1 is 1.00 bits per heavy atom. The van der Waals surface area contributed by atoms with Crippen molar-refractivity contribution in [1.29, 1.82) is 0 Å². The van der Waals surface area contributed by atoms with Crippen LogP contribution in [0.3, 0.4) is 0 Å². The Hall–Kier alpha value is -3.78. The number of ether oxygens (including phenoxy) is 1. The predicted octanol–water partition coefficient (Wildman–Crippen LogP) is 7.91. The van der Waals surface area contributed by atoms with Crippen LogP contribution < -0.4 is 5.32 Å². The van der Waals surface area contributed by atoms with Gasteiger partial charge < -0.3 is 25.2 Å². The van der Waals surface area contributed by atoms with Gasteiger partial charge in [-0.2, -0.15) is 0 Å². The van der Waals surface area contributed by atoms with Crippen LogP contribution >= 0.6 is 0 Å². The molecule has 7 heteroatoms. The lowest BCUT2D eigenvalue weighted by Crippen LogP contribution is -2.56.